The van der Waals surface area contributed by atoms with Crippen molar-refractivity contribution in [1.29, 1.82) is 0 Å². The number of nitrogens with one attached hydrogen (secondary N) is 1. The van der Waals surface area contributed by atoms with Crippen molar-refractivity contribution in [2.45, 2.75) is 32.5 Å². The molecule has 0 bridgehead atoms. The maximum absolute atomic E-state index is 13.9. The smallest absolute Gasteiger partial charge is 0.305 e. The Balaban J connectivity index is 1.46. The highest BCUT2D eigenvalue weighted by molar-refractivity contribution is 6.07. The second-order valence-electron chi connectivity index (χ2n) is 9.08. The molecule has 0 aliphatic rings. The van der Waals surface area contributed by atoms with Crippen molar-refractivity contribution in [3.05, 3.63) is 101 Å². The fourth-order valence-electron chi connectivity index (χ4n) is 4.03. The van der Waals surface area contributed by atoms with Gasteiger partial charge in [-0.15, -0.1) is 0 Å². The number of anilines is 1. The van der Waals surface area contributed by atoms with Crippen LogP contribution in [0, 0.1) is 5.82 Å². The monoisotopic (exact) mass is 522 g/mol. The molecule has 3 heterocycles. The molecule has 1 N–H and O–H groups in total. The first-order chi connectivity index (χ1) is 18.1. The van der Waals surface area contributed by atoms with E-state index >= 15 is 0 Å². The average Bonchev–Trinajstić information content (AvgIpc) is 3.49. The number of alkyl halides is 3. The molecular formula is C27H22F4N6O. The first-order valence-corrected chi connectivity index (χ1v) is 11.7. The van der Waals surface area contributed by atoms with Crippen LogP contribution in [0.3, 0.4) is 0 Å². The number of benzene rings is 2. The number of carbonyl (C=O) groups is 1. The lowest BCUT2D eigenvalue weighted by Crippen LogP contribution is -2.16. The summed E-state index contributed by atoms with van der Waals surface area (Å²) in [5, 5.41) is 10.6. The molecule has 5 aromatic rings. The molecule has 0 aliphatic heterocycles. The van der Waals surface area contributed by atoms with Crippen LogP contribution >= 0.6 is 0 Å². The molecule has 5 rings (SSSR count). The van der Waals surface area contributed by atoms with Crippen LogP contribution in [0.15, 0.2) is 73.1 Å². The molecule has 0 aliphatic carbocycles. The molecule has 38 heavy (non-hydrogen) atoms. The van der Waals surface area contributed by atoms with Gasteiger partial charge in [0.2, 0.25) is 0 Å². The van der Waals surface area contributed by atoms with Crippen molar-refractivity contribution in [3.8, 4) is 11.3 Å². The Morgan fingerprint density at radius 1 is 1.05 bits per heavy atom. The number of carbonyl (C=O) groups excluding carboxylic acids is 1. The van der Waals surface area contributed by atoms with Gasteiger partial charge in [-0.1, -0.05) is 50.2 Å². The van der Waals surface area contributed by atoms with Crippen molar-refractivity contribution in [1.82, 2.24) is 24.4 Å². The summed E-state index contributed by atoms with van der Waals surface area (Å²) in [5.41, 5.74) is 0.817. The second kappa shape index (κ2) is 9.73. The van der Waals surface area contributed by atoms with Gasteiger partial charge in [0.1, 0.15) is 11.4 Å². The van der Waals surface area contributed by atoms with Crippen molar-refractivity contribution in [3.63, 3.8) is 0 Å². The summed E-state index contributed by atoms with van der Waals surface area (Å²) in [6.45, 7) is 4.30. The highest BCUT2D eigenvalue weighted by atomic mass is 19.4. The lowest BCUT2D eigenvalue weighted by Gasteiger charge is -2.12. The summed E-state index contributed by atoms with van der Waals surface area (Å²) in [6, 6.07) is 15.5. The molecule has 0 radical (unpaired) electrons. The molecule has 3 aromatic heterocycles. The molecule has 194 valence electrons. The number of fused-ring (bicyclic) bond motifs is 1. The Morgan fingerprint density at radius 2 is 1.82 bits per heavy atom. The molecule has 0 unspecified atom stereocenters. The molecule has 0 atom stereocenters. The van der Waals surface area contributed by atoms with Crippen LogP contribution in [0.25, 0.3) is 16.9 Å². The van der Waals surface area contributed by atoms with Crippen LogP contribution in [0.2, 0.25) is 0 Å². The molecule has 2 aromatic carbocycles. The zero-order chi connectivity index (χ0) is 27.0. The van der Waals surface area contributed by atoms with Crippen LogP contribution in [0.1, 0.15) is 46.9 Å². The third-order valence-electron chi connectivity index (χ3n) is 6.00. The minimum absolute atomic E-state index is 0.0639. The van der Waals surface area contributed by atoms with Gasteiger partial charge < -0.3 is 5.32 Å². The van der Waals surface area contributed by atoms with E-state index in [-0.39, 0.29) is 41.0 Å². The van der Waals surface area contributed by atoms with Gasteiger partial charge in [0, 0.05) is 17.8 Å². The van der Waals surface area contributed by atoms with E-state index in [1.807, 2.05) is 26.0 Å². The Labute approximate surface area is 214 Å². The van der Waals surface area contributed by atoms with Crippen molar-refractivity contribution in [2.75, 3.05) is 5.32 Å². The molecule has 0 spiro atoms. The van der Waals surface area contributed by atoms with Gasteiger partial charge in [0.15, 0.2) is 17.2 Å². The summed E-state index contributed by atoms with van der Waals surface area (Å²) >= 11 is 0. The number of amides is 1. The Morgan fingerprint density at radius 3 is 2.50 bits per heavy atom. The van der Waals surface area contributed by atoms with Crippen LogP contribution in [-0.4, -0.2) is 30.3 Å². The predicted octanol–water partition coefficient (Wildman–Crippen LogP) is 6.17. The Kier molecular flexibility index (Phi) is 6.43. The quantitative estimate of drug-likeness (QED) is 0.271. The van der Waals surface area contributed by atoms with E-state index in [1.54, 1.807) is 30.5 Å². The van der Waals surface area contributed by atoms with Crippen molar-refractivity contribution >= 4 is 17.4 Å². The van der Waals surface area contributed by atoms with Crippen molar-refractivity contribution in [2.24, 2.45) is 0 Å². The van der Waals surface area contributed by atoms with Crippen molar-refractivity contribution < 1.29 is 22.4 Å². The lowest BCUT2D eigenvalue weighted by atomic mass is 10.0. The Bertz CT molecular complexity index is 1620. The maximum atomic E-state index is 13.9. The number of rotatable bonds is 6. The summed E-state index contributed by atoms with van der Waals surface area (Å²) in [6.07, 6.45) is -2.10. The molecular weight excluding hydrogens is 500 g/mol. The second-order valence-corrected chi connectivity index (χ2v) is 9.08. The summed E-state index contributed by atoms with van der Waals surface area (Å²) in [4.78, 5) is 17.4. The number of hydrogen-bond donors (Lipinski definition) is 1. The lowest BCUT2D eigenvalue weighted by molar-refractivity contribution is -0.142. The molecule has 0 fully saturated rings. The zero-order valence-electron chi connectivity index (χ0n) is 20.4. The minimum atomic E-state index is -4.73. The van der Waals surface area contributed by atoms with E-state index in [4.69, 9.17) is 0 Å². The summed E-state index contributed by atoms with van der Waals surface area (Å²) in [7, 11) is 0. The molecule has 0 saturated carbocycles. The number of nitrogens with zero attached hydrogens (tertiary/aromatic N) is 5. The van der Waals surface area contributed by atoms with E-state index in [0.717, 1.165) is 17.8 Å². The first-order valence-electron chi connectivity index (χ1n) is 11.7. The van der Waals surface area contributed by atoms with Gasteiger partial charge in [0.25, 0.3) is 5.91 Å². The van der Waals surface area contributed by atoms with Gasteiger partial charge in [-0.2, -0.15) is 23.4 Å². The van der Waals surface area contributed by atoms with Gasteiger partial charge in [-0.3, -0.25) is 9.48 Å². The van der Waals surface area contributed by atoms with E-state index in [2.05, 4.69) is 20.5 Å². The average molecular weight is 523 g/mol. The molecule has 0 saturated heterocycles. The fraction of sp³-hybridized carbons (Fsp3) is 0.185. The van der Waals surface area contributed by atoms with Gasteiger partial charge in [-0.25, -0.2) is 13.9 Å². The van der Waals surface area contributed by atoms with E-state index in [0.29, 0.717) is 15.6 Å². The predicted molar refractivity (Wildman–Crippen MR) is 133 cm³/mol. The number of halogens is 4. The maximum Gasteiger partial charge on any atom is 0.433 e. The number of hydrogen-bond acceptors (Lipinski definition) is 4. The van der Waals surface area contributed by atoms with E-state index < -0.39 is 17.8 Å². The van der Waals surface area contributed by atoms with Gasteiger partial charge in [-0.05, 0) is 35.2 Å². The fourth-order valence-corrected chi connectivity index (χ4v) is 4.03. The normalized spacial score (nSPS) is 11.9. The van der Waals surface area contributed by atoms with Gasteiger partial charge in [0.05, 0.1) is 18.4 Å². The van der Waals surface area contributed by atoms with Crippen LogP contribution < -0.4 is 5.32 Å². The molecule has 7 nitrogen and oxygen atoms in total. The van der Waals surface area contributed by atoms with E-state index in [9.17, 15) is 22.4 Å². The third-order valence-corrected chi connectivity index (χ3v) is 6.00. The summed E-state index contributed by atoms with van der Waals surface area (Å²) in [5.74, 6) is -0.670. The third kappa shape index (κ3) is 5.13. The van der Waals surface area contributed by atoms with Crippen LogP contribution in [0.4, 0.5) is 23.4 Å². The first kappa shape index (κ1) is 25.1. The minimum Gasteiger partial charge on any atom is -0.305 e. The topological polar surface area (TPSA) is 77.1 Å². The highest BCUT2D eigenvalue weighted by Gasteiger charge is 2.36. The Hall–Kier alpha value is -4.54. The molecule has 1 amide bonds. The molecule has 11 heteroatoms. The van der Waals surface area contributed by atoms with Crippen LogP contribution in [-0.2, 0) is 12.7 Å². The SMILES string of the molecule is CC(C)c1ccc(-c2cc(C(F)(F)F)n3ncc(C(=O)Nc4ccn(Cc5cccc(F)c5)n4)c3n2)cc1. The highest BCUT2D eigenvalue weighted by Crippen LogP contribution is 2.33. The largest absolute Gasteiger partial charge is 0.433 e. The standard InChI is InChI=1S/C27H22F4N6O/c1-16(2)18-6-8-19(9-7-18)22-13-23(27(29,30)31)37-25(33-22)21(14-32-37)26(38)34-24-10-11-36(35-24)15-17-4-3-5-20(28)12-17/h3-14,16H,15H2,1-2H3,(H,34,35,38). The van der Waals surface area contributed by atoms with Gasteiger partial charge >= 0.3 is 6.18 Å². The summed E-state index contributed by atoms with van der Waals surface area (Å²) < 4.78 is 57.3. The van der Waals surface area contributed by atoms with Crippen LogP contribution in [0.5, 0.6) is 0 Å². The number of aromatic nitrogens is 5. The zero-order valence-corrected chi connectivity index (χ0v) is 20.4. The van der Waals surface area contributed by atoms with E-state index in [1.165, 1.54) is 22.9 Å².